The molecule has 8 heteroatoms. The van der Waals surface area contributed by atoms with Crippen LogP contribution in [0.25, 0.3) is 0 Å². The van der Waals surface area contributed by atoms with Gasteiger partial charge in [0.25, 0.3) is 10.1 Å². The Morgan fingerprint density at radius 3 is 2.70 bits per heavy atom. The van der Waals surface area contributed by atoms with Crippen LogP contribution in [0.15, 0.2) is 12.3 Å². The molecular weight excluding hydrogens is 282 g/mol. The standard InChI is InChI=1S/C12H15N3O4S/c1-20(17,18)19-6-9-2-3-13-11(14-9)15-7-12(8-15)4-10(16)5-12/h2-3H,4-8H2,1H3. The van der Waals surface area contributed by atoms with Crippen molar-refractivity contribution in [1.82, 2.24) is 9.97 Å². The number of hydrogen-bond acceptors (Lipinski definition) is 7. The van der Waals surface area contributed by atoms with Crippen LogP contribution in [-0.4, -0.2) is 43.5 Å². The Morgan fingerprint density at radius 1 is 1.40 bits per heavy atom. The lowest BCUT2D eigenvalue weighted by atomic mass is 9.63. The van der Waals surface area contributed by atoms with Gasteiger partial charge in [-0.15, -0.1) is 0 Å². The number of carbonyl (C=O) groups is 1. The van der Waals surface area contributed by atoms with Gasteiger partial charge in [-0.3, -0.25) is 8.98 Å². The Morgan fingerprint density at radius 2 is 2.10 bits per heavy atom. The lowest BCUT2D eigenvalue weighted by Gasteiger charge is -2.54. The van der Waals surface area contributed by atoms with E-state index < -0.39 is 10.1 Å². The fourth-order valence-corrected chi connectivity index (χ4v) is 3.03. The van der Waals surface area contributed by atoms with E-state index in [1.165, 1.54) is 0 Å². The highest BCUT2D eigenvalue weighted by Crippen LogP contribution is 2.46. The summed E-state index contributed by atoms with van der Waals surface area (Å²) in [5.74, 6) is 0.880. The highest BCUT2D eigenvalue weighted by Gasteiger charge is 2.52. The van der Waals surface area contributed by atoms with E-state index >= 15 is 0 Å². The van der Waals surface area contributed by atoms with Crippen molar-refractivity contribution in [2.75, 3.05) is 24.2 Å². The molecule has 0 atom stereocenters. The monoisotopic (exact) mass is 297 g/mol. The molecule has 20 heavy (non-hydrogen) atoms. The Labute approximate surface area is 117 Å². The third-order valence-corrected chi connectivity index (χ3v) is 4.15. The maximum atomic E-state index is 11.1. The summed E-state index contributed by atoms with van der Waals surface area (Å²) in [6.45, 7) is 1.48. The van der Waals surface area contributed by atoms with Gasteiger partial charge >= 0.3 is 0 Å². The molecule has 0 aromatic carbocycles. The smallest absolute Gasteiger partial charge is 0.264 e. The average molecular weight is 297 g/mol. The molecule has 108 valence electrons. The van der Waals surface area contributed by atoms with Gasteiger partial charge in [0.05, 0.1) is 11.9 Å². The van der Waals surface area contributed by atoms with Gasteiger partial charge in [0, 0.05) is 37.5 Å². The summed E-state index contributed by atoms with van der Waals surface area (Å²) in [4.78, 5) is 21.5. The van der Waals surface area contributed by atoms with Crippen molar-refractivity contribution in [3.05, 3.63) is 18.0 Å². The van der Waals surface area contributed by atoms with Gasteiger partial charge in [0.15, 0.2) is 0 Å². The predicted octanol–water partition coefficient (Wildman–Crippen LogP) is 0.122. The minimum absolute atomic E-state index is 0.0914. The number of ketones is 1. The largest absolute Gasteiger partial charge is 0.340 e. The van der Waals surface area contributed by atoms with Crippen LogP contribution >= 0.6 is 0 Å². The molecule has 1 saturated heterocycles. The van der Waals surface area contributed by atoms with E-state index in [9.17, 15) is 13.2 Å². The minimum Gasteiger partial charge on any atom is -0.340 e. The normalized spacial score (nSPS) is 20.6. The number of hydrogen-bond donors (Lipinski definition) is 0. The van der Waals surface area contributed by atoms with E-state index in [0.717, 1.165) is 19.3 Å². The molecule has 1 spiro atoms. The molecule has 1 aliphatic carbocycles. The summed E-state index contributed by atoms with van der Waals surface area (Å²) < 4.78 is 26.6. The molecule has 3 rings (SSSR count). The molecule has 1 aromatic heterocycles. The molecule has 2 fully saturated rings. The topological polar surface area (TPSA) is 89.5 Å². The lowest BCUT2D eigenvalue weighted by molar-refractivity contribution is -0.134. The molecule has 7 nitrogen and oxygen atoms in total. The zero-order valence-electron chi connectivity index (χ0n) is 11.1. The maximum absolute atomic E-state index is 11.1. The van der Waals surface area contributed by atoms with Crippen LogP contribution in [0.2, 0.25) is 0 Å². The van der Waals surface area contributed by atoms with E-state index in [2.05, 4.69) is 9.97 Å². The number of rotatable bonds is 4. The number of Topliss-reactive ketones (excluding diaryl/α,β-unsaturated/α-hetero) is 1. The van der Waals surface area contributed by atoms with Crippen molar-refractivity contribution in [1.29, 1.82) is 0 Å². The summed E-state index contributed by atoms with van der Waals surface area (Å²) in [7, 11) is -3.48. The van der Waals surface area contributed by atoms with E-state index in [-0.39, 0.29) is 12.0 Å². The van der Waals surface area contributed by atoms with Crippen molar-refractivity contribution < 1.29 is 17.4 Å². The van der Waals surface area contributed by atoms with Crippen molar-refractivity contribution in [3.8, 4) is 0 Å². The minimum atomic E-state index is -3.48. The molecule has 2 aliphatic rings. The molecular formula is C12H15N3O4S. The quantitative estimate of drug-likeness (QED) is 0.729. The second-order valence-electron chi connectivity index (χ2n) is 5.56. The molecule has 2 heterocycles. The van der Waals surface area contributed by atoms with Gasteiger partial charge in [-0.2, -0.15) is 8.42 Å². The van der Waals surface area contributed by atoms with E-state index in [4.69, 9.17) is 4.18 Å². The number of nitrogens with zero attached hydrogens (tertiary/aromatic N) is 3. The van der Waals surface area contributed by atoms with Gasteiger partial charge in [-0.1, -0.05) is 0 Å². The van der Waals surface area contributed by atoms with Crippen LogP contribution < -0.4 is 4.90 Å². The van der Waals surface area contributed by atoms with Crippen LogP contribution in [0.5, 0.6) is 0 Å². The Hall–Kier alpha value is -1.54. The van der Waals surface area contributed by atoms with Crippen LogP contribution in [0.1, 0.15) is 18.5 Å². The third kappa shape index (κ3) is 2.66. The van der Waals surface area contributed by atoms with Gasteiger partial charge in [-0.05, 0) is 6.07 Å². The van der Waals surface area contributed by atoms with Crippen molar-refractivity contribution in [2.24, 2.45) is 5.41 Å². The van der Waals surface area contributed by atoms with Crippen LogP contribution in [0.3, 0.4) is 0 Å². The van der Waals surface area contributed by atoms with Crippen LogP contribution in [0.4, 0.5) is 5.95 Å². The van der Waals surface area contributed by atoms with Crippen molar-refractivity contribution >= 4 is 21.8 Å². The zero-order chi connectivity index (χ0) is 14.4. The summed E-state index contributed by atoms with van der Waals surface area (Å²) in [5, 5.41) is 0. The van der Waals surface area contributed by atoms with E-state index in [1.807, 2.05) is 4.90 Å². The number of carbonyl (C=O) groups excluding carboxylic acids is 1. The van der Waals surface area contributed by atoms with Crippen LogP contribution in [-0.2, 0) is 25.7 Å². The Kier molecular flexibility index (Phi) is 3.02. The first kappa shape index (κ1) is 13.4. The zero-order valence-corrected chi connectivity index (χ0v) is 11.9. The lowest BCUT2D eigenvalue weighted by Crippen LogP contribution is -2.63. The highest BCUT2D eigenvalue weighted by molar-refractivity contribution is 7.85. The predicted molar refractivity (Wildman–Crippen MR) is 70.6 cm³/mol. The molecule has 0 bridgehead atoms. The molecule has 1 aliphatic heterocycles. The Balaban J connectivity index is 1.62. The molecule has 0 unspecified atom stereocenters. The van der Waals surface area contributed by atoms with E-state index in [0.29, 0.717) is 30.3 Å². The van der Waals surface area contributed by atoms with Crippen molar-refractivity contribution in [2.45, 2.75) is 19.4 Å². The van der Waals surface area contributed by atoms with Gasteiger partial charge in [-0.25, -0.2) is 9.97 Å². The molecule has 0 amide bonds. The number of anilines is 1. The molecule has 0 radical (unpaired) electrons. The van der Waals surface area contributed by atoms with Gasteiger partial charge in [0.1, 0.15) is 12.4 Å². The average Bonchev–Trinajstić information content (AvgIpc) is 2.29. The summed E-state index contributed by atoms with van der Waals surface area (Å²) >= 11 is 0. The Bertz CT molecular complexity index is 642. The molecule has 1 saturated carbocycles. The van der Waals surface area contributed by atoms with E-state index in [1.54, 1.807) is 12.3 Å². The highest BCUT2D eigenvalue weighted by atomic mass is 32.2. The maximum Gasteiger partial charge on any atom is 0.264 e. The second-order valence-corrected chi connectivity index (χ2v) is 7.21. The fourth-order valence-electron chi connectivity index (χ4n) is 2.70. The molecule has 1 aromatic rings. The fraction of sp³-hybridized carbons (Fsp3) is 0.583. The summed E-state index contributed by atoms with van der Waals surface area (Å²) in [5.41, 5.74) is 0.658. The van der Waals surface area contributed by atoms with Crippen molar-refractivity contribution in [3.63, 3.8) is 0 Å². The molecule has 0 N–H and O–H groups in total. The number of aromatic nitrogens is 2. The SMILES string of the molecule is CS(=O)(=O)OCc1ccnc(N2CC3(CC(=O)C3)C2)n1. The first-order valence-corrected chi connectivity index (χ1v) is 8.10. The van der Waals surface area contributed by atoms with Gasteiger partial charge < -0.3 is 4.90 Å². The summed E-state index contributed by atoms with van der Waals surface area (Å²) in [6, 6.07) is 1.62. The summed E-state index contributed by atoms with van der Waals surface area (Å²) in [6.07, 6.45) is 3.89. The second kappa shape index (κ2) is 4.49. The first-order chi connectivity index (χ1) is 9.35. The van der Waals surface area contributed by atoms with Gasteiger partial charge in [0.2, 0.25) is 5.95 Å². The van der Waals surface area contributed by atoms with Crippen LogP contribution in [0, 0.1) is 5.41 Å². The third-order valence-electron chi connectivity index (χ3n) is 3.60. The first-order valence-electron chi connectivity index (χ1n) is 6.28.